The summed E-state index contributed by atoms with van der Waals surface area (Å²) in [6.07, 6.45) is 0. The highest BCUT2D eigenvalue weighted by Crippen LogP contribution is 2.33. The van der Waals surface area contributed by atoms with Gasteiger partial charge < -0.3 is 4.90 Å². The van der Waals surface area contributed by atoms with E-state index in [4.69, 9.17) is 0 Å². The predicted octanol–water partition coefficient (Wildman–Crippen LogP) is 2.61. The average Bonchev–Trinajstić information content (AvgIpc) is 2.53. The van der Waals surface area contributed by atoms with E-state index in [1.54, 1.807) is 0 Å². The van der Waals surface area contributed by atoms with E-state index in [1.807, 2.05) is 0 Å². The molecule has 1 aliphatic rings. The molecule has 2 rings (SSSR count). The molecule has 0 N–H and O–H groups in total. The first-order valence-electron chi connectivity index (χ1n) is 5.16. The highest BCUT2D eigenvalue weighted by Gasteiger charge is 2.36. The monoisotopic (exact) mass is 293 g/mol. The Bertz CT molecular complexity index is 544. The van der Waals surface area contributed by atoms with Crippen LogP contribution in [-0.4, -0.2) is 29.5 Å². The lowest BCUT2D eigenvalue weighted by atomic mass is 10.1. The van der Waals surface area contributed by atoms with E-state index in [1.165, 1.54) is 6.07 Å². The molecule has 102 valence electrons. The molecule has 1 amide bonds. The van der Waals surface area contributed by atoms with E-state index in [9.17, 15) is 27.2 Å². The minimum Gasteiger partial charge on any atom is -0.304 e. The molecule has 0 aliphatic carbocycles. The molecule has 0 atom stereocenters. The van der Waals surface area contributed by atoms with Gasteiger partial charge in [0.15, 0.2) is 0 Å². The molecular weight excluding hydrogens is 286 g/mol. The van der Waals surface area contributed by atoms with Gasteiger partial charge >= 0.3 is 5.51 Å². The minimum atomic E-state index is -4.39. The first-order chi connectivity index (χ1) is 8.79. The van der Waals surface area contributed by atoms with Crippen molar-refractivity contribution in [2.45, 2.75) is 5.51 Å². The van der Waals surface area contributed by atoms with Crippen molar-refractivity contribution in [3.8, 4) is 0 Å². The Balaban J connectivity index is 2.15. The van der Waals surface area contributed by atoms with Gasteiger partial charge in [0.25, 0.3) is 11.7 Å². The molecule has 0 unspecified atom stereocenters. The van der Waals surface area contributed by atoms with Gasteiger partial charge in [-0.3, -0.25) is 9.59 Å². The second kappa shape index (κ2) is 4.84. The van der Waals surface area contributed by atoms with Crippen LogP contribution in [0.25, 0.3) is 0 Å². The molecule has 1 heterocycles. The van der Waals surface area contributed by atoms with Crippen LogP contribution in [0.5, 0.6) is 0 Å². The van der Waals surface area contributed by atoms with Crippen LogP contribution in [0.15, 0.2) is 18.2 Å². The highest BCUT2D eigenvalue weighted by molar-refractivity contribution is 8.00. The number of ketones is 1. The quantitative estimate of drug-likeness (QED) is 0.635. The summed E-state index contributed by atoms with van der Waals surface area (Å²) in [5.41, 5.74) is -4.35. The van der Waals surface area contributed by atoms with Gasteiger partial charge in [-0.05, 0) is 30.0 Å². The van der Waals surface area contributed by atoms with Crippen LogP contribution < -0.4 is 4.90 Å². The summed E-state index contributed by atoms with van der Waals surface area (Å²) in [7, 11) is 0. The first-order valence-corrected chi connectivity index (χ1v) is 6.14. The van der Waals surface area contributed by atoms with Crippen LogP contribution in [-0.2, 0) is 4.79 Å². The Labute approximate surface area is 109 Å². The molecule has 0 saturated carbocycles. The lowest BCUT2D eigenvalue weighted by molar-refractivity contribution is -0.114. The van der Waals surface area contributed by atoms with Gasteiger partial charge in [-0.2, -0.15) is 13.2 Å². The fraction of sp³-hybridized carbons (Fsp3) is 0.273. The van der Waals surface area contributed by atoms with Crippen LogP contribution in [0.3, 0.4) is 0 Å². The fourth-order valence-electron chi connectivity index (χ4n) is 1.75. The molecule has 0 saturated heterocycles. The highest BCUT2D eigenvalue weighted by atomic mass is 32.2. The maximum absolute atomic E-state index is 13.0. The van der Waals surface area contributed by atoms with Crippen LogP contribution in [0.4, 0.5) is 23.2 Å². The van der Waals surface area contributed by atoms with Crippen molar-refractivity contribution >= 4 is 29.1 Å². The Kier molecular flexibility index (Phi) is 3.53. The molecule has 8 heteroatoms. The summed E-state index contributed by atoms with van der Waals surface area (Å²) >= 11 is -0.278. The first kappa shape index (κ1) is 13.9. The molecule has 1 aromatic carbocycles. The zero-order valence-corrected chi connectivity index (χ0v) is 10.1. The molecule has 1 aromatic rings. The number of benzene rings is 1. The molecule has 0 fully saturated rings. The summed E-state index contributed by atoms with van der Waals surface area (Å²) in [6, 6.07) is 3.17. The number of fused-ring (bicyclic) bond motifs is 1. The normalized spacial score (nSPS) is 15.1. The summed E-state index contributed by atoms with van der Waals surface area (Å²) in [5.74, 6) is -2.89. The van der Waals surface area contributed by atoms with Crippen LogP contribution in [0.2, 0.25) is 0 Å². The summed E-state index contributed by atoms with van der Waals surface area (Å²) in [4.78, 5) is 24.1. The maximum atomic E-state index is 13.0. The predicted molar refractivity (Wildman–Crippen MR) is 61.6 cm³/mol. The average molecular weight is 293 g/mol. The number of hydrogen-bond donors (Lipinski definition) is 0. The number of carbonyl (C=O) groups excluding carboxylic acids is 2. The number of Topliss-reactive ketones (excluding diaryl/α,β-unsaturated/α-hetero) is 1. The Morgan fingerprint density at radius 2 is 1.89 bits per heavy atom. The number of halogens is 4. The Morgan fingerprint density at radius 1 is 1.21 bits per heavy atom. The second-order valence-electron chi connectivity index (χ2n) is 3.74. The number of nitrogens with zero attached hydrogens (tertiary/aromatic N) is 1. The lowest BCUT2D eigenvalue weighted by Gasteiger charge is -2.16. The van der Waals surface area contributed by atoms with E-state index in [-0.39, 0.29) is 35.3 Å². The van der Waals surface area contributed by atoms with Crippen LogP contribution >= 0.6 is 11.8 Å². The molecular formula is C11H7F4NO2S. The van der Waals surface area contributed by atoms with Gasteiger partial charge in [-0.15, -0.1) is 0 Å². The Hall–Kier alpha value is -1.57. The van der Waals surface area contributed by atoms with E-state index in [0.29, 0.717) is 0 Å². The van der Waals surface area contributed by atoms with Gasteiger partial charge in [-0.25, -0.2) is 4.39 Å². The van der Waals surface area contributed by atoms with Crippen molar-refractivity contribution in [1.29, 1.82) is 0 Å². The number of rotatable bonds is 3. The number of hydrogen-bond acceptors (Lipinski definition) is 3. The van der Waals surface area contributed by atoms with E-state index in [2.05, 4.69) is 0 Å². The molecule has 19 heavy (non-hydrogen) atoms. The van der Waals surface area contributed by atoms with Gasteiger partial charge in [-0.1, -0.05) is 0 Å². The lowest BCUT2D eigenvalue weighted by Crippen LogP contribution is -2.32. The van der Waals surface area contributed by atoms with Gasteiger partial charge in [0.1, 0.15) is 5.82 Å². The molecule has 0 aromatic heterocycles. The molecule has 0 spiro atoms. The molecule has 3 nitrogen and oxygen atoms in total. The van der Waals surface area contributed by atoms with E-state index < -0.39 is 23.0 Å². The van der Waals surface area contributed by atoms with E-state index in [0.717, 1.165) is 17.0 Å². The standard InChI is InChI=1S/C11H7F4NO2S/c12-6-1-2-8-7(5-6)9(17)10(18)16(8)3-4-19-11(13,14)15/h1-2,5H,3-4H2. The maximum Gasteiger partial charge on any atom is 0.441 e. The largest absolute Gasteiger partial charge is 0.441 e. The van der Waals surface area contributed by atoms with Crippen LogP contribution in [0.1, 0.15) is 10.4 Å². The molecule has 0 radical (unpaired) electrons. The van der Waals surface area contributed by atoms with Crippen molar-refractivity contribution < 1.29 is 27.2 Å². The molecule has 0 bridgehead atoms. The number of alkyl halides is 3. The van der Waals surface area contributed by atoms with Crippen molar-refractivity contribution in [3.63, 3.8) is 0 Å². The minimum absolute atomic E-state index is 0.109. The number of thioether (sulfide) groups is 1. The van der Waals surface area contributed by atoms with Gasteiger partial charge in [0, 0.05) is 12.3 Å². The van der Waals surface area contributed by atoms with Crippen molar-refractivity contribution in [2.24, 2.45) is 0 Å². The third kappa shape index (κ3) is 2.89. The third-order valence-electron chi connectivity index (χ3n) is 2.51. The summed E-state index contributed by atoms with van der Waals surface area (Å²) < 4.78 is 48.9. The Morgan fingerprint density at radius 3 is 2.53 bits per heavy atom. The van der Waals surface area contributed by atoms with Crippen molar-refractivity contribution in [1.82, 2.24) is 0 Å². The fourth-order valence-corrected chi connectivity index (χ4v) is 2.25. The molecule has 1 aliphatic heterocycles. The zero-order chi connectivity index (χ0) is 14.2. The third-order valence-corrected chi connectivity index (χ3v) is 3.23. The smallest absolute Gasteiger partial charge is 0.304 e. The summed E-state index contributed by atoms with van der Waals surface area (Å²) in [6.45, 7) is -0.257. The van der Waals surface area contributed by atoms with Gasteiger partial charge in [0.2, 0.25) is 0 Å². The van der Waals surface area contributed by atoms with Crippen molar-refractivity contribution in [3.05, 3.63) is 29.6 Å². The SMILES string of the molecule is O=C1C(=O)N(CCSC(F)(F)F)c2ccc(F)cc21. The summed E-state index contributed by atoms with van der Waals surface area (Å²) in [5, 5.41) is 0. The zero-order valence-electron chi connectivity index (χ0n) is 9.33. The number of amides is 1. The number of anilines is 1. The number of carbonyl (C=O) groups is 2. The van der Waals surface area contributed by atoms with E-state index >= 15 is 0 Å². The van der Waals surface area contributed by atoms with Crippen LogP contribution in [0, 0.1) is 5.82 Å². The van der Waals surface area contributed by atoms with Crippen molar-refractivity contribution in [2.75, 3.05) is 17.2 Å². The van der Waals surface area contributed by atoms with Gasteiger partial charge in [0.05, 0.1) is 11.3 Å². The topological polar surface area (TPSA) is 37.4 Å². The second-order valence-corrected chi connectivity index (χ2v) is 4.90.